The van der Waals surface area contributed by atoms with Crippen molar-refractivity contribution in [3.63, 3.8) is 0 Å². The molecule has 2 heterocycles. The van der Waals surface area contributed by atoms with Gasteiger partial charge in [0.15, 0.2) is 5.82 Å². The summed E-state index contributed by atoms with van der Waals surface area (Å²) in [4.78, 5) is 17.8. The number of aromatic nitrogens is 5. The Morgan fingerprint density at radius 1 is 1.59 bits per heavy atom. The van der Waals surface area contributed by atoms with Gasteiger partial charge in [-0.05, 0) is 13.8 Å². The third-order valence-corrected chi connectivity index (χ3v) is 2.40. The topological polar surface area (TPSA) is 88.6 Å². The van der Waals surface area contributed by atoms with Gasteiger partial charge < -0.3 is 9.30 Å². The van der Waals surface area contributed by atoms with Crippen molar-refractivity contribution in [1.29, 1.82) is 0 Å². The Hall–Kier alpha value is -1.89. The molecule has 7 nitrogen and oxygen atoms in total. The van der Waals surface area contributed by atoms with Crippen molar-refractivity contribution in [2.45, 2.75) is 26.5 Å². The molecule has 0 aliphatic carbocycles. The quantitative estimate of drug-likeness (QED) is 0.789. The Labute approximate surface area is 97.8 Å². The van der Waals surface area contributed by atoms with Crippen LogP contribution in [0.1, 0.15) is 31.6 Å². The number of hydrogen-bond acceptors (Lipinski definition) is 4. The molecule has 0 aromatic carbocycles. The minimum atomic E-state index is -0.306. The highest BCUT2D eigenvalue weighted by Crippen LogP contribution is 2.14. The Bertz CT molecular complexity index is 527. The van der Waals surface area contributed by atoms with E-state index in [2.05, 4.69) is 20.2 Å². The second-order valence-electron chi connectivity index (χ2n) is 3.64. The molecule has 92 valence electrons. The summed E-state index contributed by atoms with van der Waals surface area (Å²) in [6.45, 7) is 4.98. The van der Waals surface area contributed by atoms with Gasteiger partial charge in [-0.1, -0.05) is 0 Å². The summed E-state index contributed by atoms with van der Waals surface area (Å²) in [6, 6.07) is 0. The largest absolute Gasteiger partial charge is 0.371 e. The van der Waals surface area contributed by atoms with Crippen molar-refractivity contribution in [2.24, 2.45) is 0 Å². The van der Waals surface area contributed by atoms with E-state index in [0.29, 0.717) is 19.0 Å². The fraction of sp³-hybridized carbons (Fsp3) is 0.500. The van der Waals surface area contributed by atoms with Crippen LogP contribution in [0.2, 0.25) is 0 Å². The molecule has 0 amide bonds. The third kappa shape index (κ3) is 2.62. The fourth-order valence-electron chi connectivity index (χ4n) is 1.68. The zero-order valence-electron chi connectivity index (χ0n) is 9.80. The first-order valence-electron chi connectivity index (χ1n) is 5.47. The van der Waals surface area contributed by atoms with E-state index in [4.69, 9.17) is 4.74 Å². The molecule has 0 spiro atoms. The van der Waals surface area contributed by atoms with Gasteiger partial charge in [-0.15, -0.1) is 0 Å². The van der Waals surface area contributed by atoms with Gasteiger partial charge in [0.1, 0.15) is 11.9 Å². The monoisotopic (exact) mass is 237 g/mol. The van der Waals surface area contributed by atoms with Gasteiger partial charge in [-0.25, -0.2) is 14.9 Å². The zero-order valence-corrected chi connectivity index (χ0v) is 9.80. The van der Waals surface area contributed by atoms with Gasteiger partial charge in [0.2, 0.25) is 0 Å². The van der Waals surface area contributed by atoms with Gasteiger partial charge in [0.25, 0.3) is 0 Å². The summed E-state index contributed by atoms with van der Waals surface area (Å²) in [5.74, 6) is 1.38. The van der Waals surface area contributed by atoms with E-state index in [1.54, 1.807) is 6.20 Å². The van der Waals surface area contributed by atoms with Crippen LogP contribution in [-0.4, -0.2) is 31.3 Å². The predicted molar refractivity (Wildman–Crippen MR) is 60.6 cm³/mol. The molecule has 0 radical (unpaired) electrons. The van der Waals surface area contributed by atoms with Gasteiger partial charge in [0, 0.05) is 19.0 Å². The fourth-order valence-corrected chi connectivity index (χ4v) is 1.68. The van der Waals surface area contributed by atoms with E-state index in [-0.39, 0.29) is 11.8 Å². The molecule has 2 N–H and O–H groups in total. The minimum Gasteiger partial charge on any atom is -0.371 e. The molecule has 2 aromatic heterocycles. The van der Waals surface area contributed by atoms with Crippen LogP contribution < -0.4 is 5.69 Å². The molecule has 2 rings (SSSR count). The number of H-pyrrole nitrogens is 2. The van der Waals surface area contributed by atoms with Crippen molar-refractivity contribution < 1.29 is 4.74 Å². The number of imidazole rings is 1. The molecule has 1 atom stereocenters. The van der Waals surface area contributed by atoms with E-state index in [1.807, 2.05) is 24.6 Å². The highest BCUT2D eigenvalue weighted by atomic mass is 16.5. The Morgan fingerprint density at radius 3 is 3.06 bits per heavy atom. The normalized spacial score (nSPS) is 12.8. The van der Waals surface area contributed by atoms with Gasteiger partial charge >= 0.3 is 5.69 Å². The average molecular weight is 237 g/mol. The van der Waals surface area contributed by atoms with Gasteiger partial charge in [-0.2, -0.15) is 5.10 Å². The minimum absolute atomic E-state index is 0.0827. The summed E-state index contributed by atoms with van der Waals surface area (Å²) in [7, 11) is 0. The predicted octanol–water partition coefficient (Wildman–Crippen LogP) is 0.440. The lowest BCUT2D eigenvalue weighted by atomic mass is 10.3. The standard InChI is InChI=1S/C10H15N5O2/c1-3-17-7(2)9-11-4-5-15(9)6-8-12-10(16)14-13-8/h4-5,7H,3,6H2,1-2H3,(H2,12,13,14,16). The van der Waals surface area contributed by atoms with Crippen molar-refractivity contribution >= 4 is 0 Å². The number of aromatic amines is 2. The number of hydrogen-bond donors (Lipinski definition) is 2. The van der Waals surface area contributed by atoms with Crippen LogP contribution in [0.5, 0.6) is 0 Å². The molecule has 0 saturated heterocycles. The summed E-state index contributed by atoms with van der Waals surface area (Å²) >= 11 is 0. The van der Waals surface area contributed by atoms with Crippen LogP contribution in [0.15, 0.2) is 17.2 Å². The molecule has 0 aliphatic heterocycles. The van der Waals surface area contributed by atoms with Crippen LogP contribution in [-0.2, 0) is 11.3 Å². The SMILES string of the molecule is CCOC(C)c1nccn1Cc1n[nH]c(=O)[nH]1. The lowest BCUT2D eigenvalue weighted by Gasteiger charge is -2.12. The van der Waals surface area contributed by atoms with E-state index in [0.717, 1.165) is 5.82 Å². The number of ether oxygens (including phenoxy) is 1. The maximum atomic E-state index is 10.9. The maximum absolute atomic E-state index is 10.9. The van der Waals surface area contributed by atoms with E-state index in [1.165, 1.54) is 0 Å². The Balaban J connectivity index is 2.16. The van der Waals surface area contributed by atoms with Crippen molar-refractivity contribution in [2.75, 3.05) is 6.61 Å². The lowest BCUT2D eigenvalue weighted by Crippen LogP contribution is -2.11. The van der Waals surface area contributed by atoms with Crippen LogP contribution >= 0.6 is 0 Å². The second kappa shape index (κ2) is 4.96. The Kier molecular flexibility index (Phi) is 3.38. The first-order valence-corrected chi connectivity index (χ1v) is 5.47. The first-order chi connectivity index (χ1) is 8.20. The number of nitrogens with one attached hydrogen (secondary N) is 2. The molecule has 17 heavy (non-hydrogen) atoms. The maximum Gasteiger partial charge on any atom is 0.340 e. The third-order valence-electron chi connectivity index (χ3n) is 2.40. The Morgan fingerprint density at radius 2 is 2.41 bits per heavy atom. The van der Waals surface area contributed by atoms with Crippen molar-refractivity contribution in [1.82, 2.24) is 24.7 Å². The zero-order chi connectivity index (χ0) is 12.3. The van der Waals surface area contributed by atoms with E-state index < -0.39 is 0 Å². The van der Waals surface area contributed by atoms with Crippen molar-refractivity contribution in [3.05, 3.63) is 34.5 Å². The summed E-state index contributed by atoms with van der Waals surface area (Å²) in [6.07, 6.45) is 3.45. The van der Waals surface area contributed by atoms with Gasteiger partial charge in [0.05, 0.1) is 6.54 Å². The first kappa shape index (κ1) is 11.6. The highest BCUT2D eigenvalue weighted by Gasteiger charge is 2.12. The lowest BCUT2D eigenvalue weighted by molar-refractivity contribution is 0.0677. The molecule has 0 bridgehead atoms. The summed E-state index contributed by atoms with van der Waals surface area (Å²) < 4.78 is 7.38. The van der Waals surface area contributed by atoms with Crippen LogP contribution in [0.3, 0.4) is 0 Å². The molecule has 1 unspecified atom stereocenters. The second-order valence-corrected chi connectivity index (χ2v) is 3.64. The molecule has 7 heteroatoms. The van der Waals surface area contributed by atoms with Gasteiger partial charge in [-0.3, -0.25) is 4.98 Å². The molecular formula is C10H15N5O2. The molecule has 0 aliphatic rings. The van der Waals surface area contributed by atoms with Crippen LogP contribution in [0.4, 0.5) is 0 Å². The van der Waals surface area contributed by atoms with Crippen LogP contribution in [0, 0.1) is 0 Å². The number of nitrogens with zero attached hydrogens (tertiary/aromatic N) is 3. The van der Waals surface area contributed by atoms with Crippen LogP contribution in [0.25, 0.3) is 0 Å². The molecule has 2 aromatic rings. The summed E-state index contributed by atoms with van der Waals surface area (Å²) in [5, 5.41) is 6.18. The molecule has 0 saturated carbocycles. The number of rotatable bonds is 5. The average Bonchev–Trinajstić information content (AvgIpc) is 2.89. The summed E-state index contributed by atoms with van der Waals surface area (Å²) in [5.41, 5.74) is -0.306. The molecule has 0 fully saturated rings. The smallest absolute Gasteiger partial charge is 0.340 e. The van der Waals surface area contributed by atoms with E-state index >= 15 is 0 Å². The highest BCUT2D eigenvalue weighted by molar-refractivity contribution is 4.99. The van der Waals surface area contributed by atoms with Crippen molar-refractivity contribution in [3.8, 4) is 0 Å². The van der Waals surface area contributed by atoms with E-state index in [9.17, 15) is 4.79 Å². The molecular weight excluding hydrogens is 222 g/mol.